The average Bonchev–Trinajstić information content (AvgIpc) is 3.41. The van der Waals surface area contributed by atoms with Crippen molar-refractivity contribution in [1.82, 2.24) is 25.2 Å². The molecule has 1 saturated heterocycles. The SMILES string of the molecule is Cl.Cl.Cn1c(Nc2nc3ccc(Cl)cc3s2)nc2cc(C(=O)NC3CCNC3)ccc21. The van der Waals surface area contributed by atoms with Crippen LogP contribution in [0.5, 0.6) is 0 Å². The molecule has 2 aromatic carbocycles. The minimum absolute atomic E-state index is 0. The van der Waals surface area contributed by atoms with Gasteiger partial charge in [0.25, 0.3) is 5.91 Å². The Bertz CT molecular complexity index is 1230. The molecule has 11 heteroatoms. The number of carbonyl (C=O) groups excluding carboxylic acids is 1. The number of benzene rings is 2. The van der Waals surface area contributed by atoms with Gasteiger partial charge in [-0.15, -0.1) is 24.8 Å². The molecule has 164 valence electrons. The maximum absolute atomic E-state index is 12.5. The third-order valence-corrected chi connectivity index (χ3v) is 6.28. The highest BCUT2D eigenvalue weighted by molar-refractivity contribution is 7.22. The number of aromatic nitrogens is 3. The number of anilines is 2. The van der Waals surface area contributed by atoms with E-state index in [1.165, 1.54) is 11.3 Å². The Morgan fingerprint density at radius 1 is 1.19 bits per heavy atom. The van der Waals surface area contributed by atoms with Gasteiger partial charge in [-0.25, -0.2) is 9.97 Å². The second-order valence-electron chi connectivity index (χ2n) is 7.12. The Balaban J connectivity index is 0.00000136. The molecule has 1 aliphatic rings. The molecular formula is C20H21Cl3N6OS. The van der Waals surface area contributed by atoms with Crippen LogP contribution in [0.2, 0.25) is 5.02 Å². The van der Waals surface area contributed by atoms with Crippen molar-refractivity contribution >= 4 is 86.0 Å². The van der Waals surface area contributed by atoms with Crippen LogP contribution >= 0.6 is 47.8 Å². The summed E-state index contributed by atoms with van der Waals surface area (Å²) >= 11 is 7.59. The molecule has 0 bridgehead atoms. The number of halogens is 3. The van der Waals surface area contributed by atoms with Gasteiger partial charge >= 0.3 is 0 Å². The van der Waals surface area contributed by atoms with Gasteiger partial charge in [-0.2, -0.15) is 0 Å². The highest BCUT2D eigenvalue weighted by atomic mass is 35.5. The van der Waals surface area contributed by atoms with Crippen molar-refractivity contribution in [1.29, 1.82) is 0 Å². The fraction of sp³-hybridized carbons (Fsp3) is 0.250. The molecule has 5 rings (SSSR count). The van der Waals surface area contributed by atoms with Gasteiger partial charge < -0.3 is 20.5 Å². The van der Waals surface area contributed by atoms with Crippen LogP contribution in [0.1, 0.15) is 16.8 Å². The molecule has 4 aromatic rings. The standard InChI is InChI=1S/C20H19ClN6OS.2ClH/c1-27-16-5-2-11(18(28)23-13-6-7-22-10-13)8-15(16)24-19(27)26-20-25-14-4-3-12(21)9-17(14)29-20;;/h2-5,8-9,13,22H,6-7,10H2,1H3,(H,23,28)(H,24,25,26);2*1H. The topological polar surface area (TPSA) is 83.9 Å². The summed E-state index contributed by atoms with van der Waals surface area (Å²) in [6, 6.07) is 11.4. The smallest absolute Gasteiger partial charge is 0.251 e. The van der Waals surface area contributed by atoms with Crippen LogP contribution in [-0.2, 0) is 7.05 Å². The van der Waals surface area contributed by atoms with Crippen molar-refractivity contribution in [2.75, 3.05) is 18.4 Å². The first-order valence-corrected chi connectivity index (χ1v) is 10.6. The fourth-order valence-electron chi connectivity index (χ4n) is 3.55. The fourth-order valence-corrected chi connectivity index (χ4v) is 4.68. The van der Waals surface area contributed by atoms with E-state index in [-0.39, 0.29) is 36.8 Å². The molecule has 0 aliphatic carbocycles. The summed E-state index contributed by atoms with van der Waals surface area (Å²) in [5.74, 6) is 0.603. The molecule has 3 heterocycles. The number of thiazole rings is 1. The first-order valence-electron chi connectivity index (χ1n) is 9.38. The normalized spacial score (nSPS) is 15.5. The minimum atomic E-state index is -0.0659. The Hall–Kier alpha value is -2.10. The predicted molar refractivity (Wildman–Crippen MR) is 132 cm³/mol. The van der Waals surface area contributed by atoms with E-state index in [0.717, 1.165) is 45.9 Å². The van der Waals surface area contributed by atoms with E-state index < -0.39 is 0 Å². The number of fused-ring (bicyclic) bond motifs is 2. The summed E-state index contributed by atoms with van der Waals surface area (Å²) in [6.07, 6.45) is 0.957. The Morgan fingerprint density at radius 2 is 2.03 bits per heavy atom. The molecule has 3 N–H and O–H groups in total. The lowest BCUT2D eigenvalue weighted by Gasteiger charge is -2.11. The average molecular weight is 500 g/mol. The van der Waals surface area contributed by atoms with E-state index >= 15 is 0 Å². The van der Waals surface area contributed by atoms with Crippen LogP contribution in [-0.4, -0.2) is 39.6 Å². The third kappa shape index (κ3) is 4.73. The number of carbonyl (C=O) groups is 1. The zero-order valence-electron chi connectivity index (χ0n) is 16.5. The number of aryl methyl sites for hydroxylation is 1. The van der Waals surface area contributed by atoms with E-state index in [4.69, 9.17) is 11.6 Å². The summed E-state index contributed by atoms with van der Waals surface area (Å²) in [6.45, 7) is 1.76. The minimum Gasteiger partial charge on any atom is -0.348 e. The number of amides is 1. The maximum Gasteiger partial charge on any atom is 0.251 e. The Labute approximate surface area is 200 Å². The molecule has 1 aliphatic heterocycles. The summed E-state index contributed by atoms with van der Waals surface area (Å²) < 4.78 is 2.97. The molecule has 0 saturated carbocycles. The maximum atomic E-state index is 12.5. The quantitative estimate of drug-likeness (QED) is 0.385. The van der Waals surface area contributed by atoms with Gasteiger partial charge in [-0.3, -0.25) is 4.79 Å². The number of hydrogen-bond donors (Lipinski definition) is 3. The summed E-state index contributed by atoms with van der Waals surface area (Å²) in [4.78, 5) is 21.8. The van der Waals surface area contributed by atoms with E-state index in [0.29, 0.717) is 16.5 Å². The Kier molecular flexibility index (Phi) is 7.28. The van der Waals surface area contributed by atoms with E-state index in [2.05, 4.69) is 25.9 Å². The Morgan fingerprint density at radius 3 is 2.81 bits per heavy atom. The van der Waals surface area contributed by atoms with Crippen LogP contribution in [0, 0.1) is 0 Å². The molecule has 0 spiro atoms. The van der Waals surface area contributed by atoms with Gasteiger partial charge in [0.05, 0.1) is 21.3 Å². The lowest BCUT2D eigenvalue weighted by atomic mass is 10.1. The molecule has 31 heavy (non-hydrogen) atoms. The van der Waals surface area contributed by atoms with Crippen molar-refractivity contribution in [3.63, 3.8) is 0 Å². The van der Waals surface area contributed by atoms with Crippen molar-refractivity contribution in [3.8, 4) is 0 Å². The van der Waals surface area contributed by atoms with E-state index in [1.807, 2.05) is 48.0 Å². The van der Waals surface area contributed by atoms with Crippen molar-refractivity contribution in [3.05, 3.63) is 47.0 Å². The molecule has 7 nitrogen and oxygen atoms in total. The lowest BCUT2D eigenvalue weighted by molar-refractivity contribution is 0.0940. The first kappa shape index (κ1) is 23.6. The molecule has 1 atom stereocenters. The van der Waals surface area contributed by atoms with Gasteiger partial charge in [0, 0.05) is 30.2 Å². The zero-order valence-corrected chi connectivity index (χ0v) is 19.7. The number of rotatable bonds is 4. The van der Waals surface area contributed by atoms with Crippen LogP contribution in [0.3, 0.4) is 0 Å². The molecule has 0 radical (unpaired) electrons. The molecular weight excluding hydrogens is 479 g/mol. The van der Waals surface area contributed by atoms with Gasteiger partial charge in [-0.1, -0.05) is 22.9 Å². The summed E-state index contributed by atoms with van der Waals surface area (Å²) in [7, 11) is 1.94. The largest absolute Gasteiger partial charge is 0.348 e. The highest BCUT2D eigenvalue weighted by Gasteiger charge is 2.18. The summed E-state index contributed by atoms with van der Waals surface area (Å²) in [5.41, 5.74) is 3.21. The lowest BCUT2D eigenvalue weighted by Crippen LogP contribution is -2.36. The zero-order chi connectivity index (χ0) is 20.0. The summed E-state index contributed by atoms with van der Waals surface area (Å²) in [5, 5.41) is 11.0. The van der Waals surface area contributed by atoms with Crippen molar-refractivity contribution in [2.24, 2.45) is 7.05 Å². The van der Waals surface area contributed by atoms with E-state index in [9.17, 15) is 4.79 Å². The predicted octanol–water partition coefficient (Wildman–Crippen LogP) is 4.52. The van der Waals surface area contributed by atoms with Gasteiger partial charge in [0.15, 0.2) is 5.13 Å². The van der Waals surface area contributed by atoms with E-state index in [1.54, 1.807) is 0 Å². The number of nitrogens with one attached hydrogen (secondary N) is 3. The monoisotopic (exact) mass is 498 g/mol. The van der Waals surface area contributed by atoms with Gasteiger partial charge in [0.1, 0.15) is 0 Å². The second kappa shape index (κ2) is 9.58. The van der Waals surface area contributed by atoms with Crippen LogP contribution < -0.4 is 16.0 Å². The van der Waals surface area contributed by atoms with Gasteiger partial charge in [0.2, 0.25) is 5.95 Å². The van der Waals surface area contributed by atoms with Crippen LogP contribution in [0.15, 0.2) is 36.4 Å². The molecule has 1 unspecified atom stereocenters. The number of nitrogens with zero attached hydrogens (tertiary/aromatic N) is 3. The first-order chi connectivity index (χ1) is 14.1. The van der Waals surface area contributed by atoms with Crippen LogP contribution in [0.25, 0.3) is 21.3 Å². The second-order valence-corrected chi connectivity index (χ2v) is 8.58. The number of imidazole rings is 1. The van der Waals surface area contributed by atoms with Crippen LogP contribution in [0.4, 0.5) is 11.1 Å². The highest BCUT2D eigenvalue weighted by Crippen LogP contribution is 2.31. The molecule has 2 aromatic heterocycles. The molecule has 1 fully saturated rings. The van der Waals surface area contributed by atoms with Crippen molar-refractivity contribution in [2.45, 2.75) is 12.5 Å². The molecule has 1 amide bonds. The van der Waals surface area contributed by atoms with Crippen molar-refractivity contribution < 1.29 is 4.79 Å². The third-order valence-electron chi connectivity index (χ3n) is 5.11. The number of hydrogen-bond acceptors (Lipinski definition) is 6. The van der Waals surface area contributed by atoms with Gasteiger partial charge in [-0.05, 0) is 49.4 Å².